The highest BCUT2D eigenvalue weighted by molar-refractivity contribution is 6.84. The van der Waals surface area contributed by atoms with Gasteiger partial charge in [-0.15, -0.1) is 11.1 Å². The zero-order valence-corrected chi connectivity index (χ0v) is 94.4. The van der Waals surface area contributed by atoms with Crippen molar-refractivity contribution in [2.45, 2.75) is 373 Å². The highest BCUT2D eigenvalue weighted by atomic mass is 28.3. The van der Waals surface area contributed by atoms with Crippen molar-refractivity contribution in [3.05, 3.63) is 354 Å². The summed E-state index contributed by atoms with van der Waals surface area (Å²) in [5.41, 5.74) is 46.5. The number of unbranched alkanes of at least 4 members (excludes halogenated alkanes) is 24. The molecule has 4 aliphatic rings. The van der Waals surface area contributed by atoms with Crippen LogP contribution < -0.4 is 0 Å². The number of hydrogen-bond donors (Lipinski definition) is 0. The molecule has 16 rings (SSSR count). The fraction of sp³-hybridized carbons (Fsp3) is 0.397. The first-order valence-corrected chi connectivity index (χ1v) is 64.9. The summed E-state index contributed by atoms with van der Waals surface area (Å²) in [5, 5.41) is 0. The van der Waals surface area contributed by atoms with Gasteiger partial charge in [0.2, 0.25) is 0 Å². The van der Waals surface area contributed by atoms with E-state index in [1.54, 1.807) is 0 Å². The van der Waals surface area contributed by atoms with Gasteiger partial charge in [0, 0.05) is 88.4 Å². The van der Waals surface area contributed by atoms with Crippen LogP contribution in [-0.4, -0.2) is 16.1 Å². The number of fused-ring (bicyclic) bond motifs is 12. The first kappa shape index (κ1) is 108. The molecule has 0 saturated heterocycles. The van der Waals surface area contributed by atoms with Crippen molar-refractivity contribution in [3.63, 3.8) is 0 Å². The van der Waals surface area contributed by atoms with Crippen LogP contribution in [0.3, 0.4) is 0 Å². The van der Waals surface area contributed by atoms with Crippen LogP contribution in [0.25, 0.3) is 66.8 Å². The quantitative estimate of drug-likeness (QED) is 0.0203. The van der Waals surface area contributed by atoms with E-state index in [1.807, 2.05) is 0 Å². The molecule has 0 heterocycles. The lowest BCUT2D eigenvalue weighted by Gasteiger charge is -2.33. The molecule has 0 saturated carbocycles. The number of hydrogen-bond acceptors (Lipinski definition) is 0. The standard InChI is InChI=1S/C146H162Si2/c1-15-23-31-41-93-143(94-42-32-24-16-2)135-103-115(67-83-127(135)129-87-71-119(107-139(129)143)55-57-121-73-89-133-131-85-69-117(105-137(131)145(141(133)109-121,97-45-35-27-19-5)98-46-36-28-20-6)53-51-111-59-75-123(76-60-111)125-79-63-113(64-80-125)91-101-147(9,10)11)49-39-40-50-116-68-84-128-130-88-72-120(108-140(130)144(136(128)104-116,95-43-33-25-17-3)96-44-34-26-18-4)56-58-122-74-90-134-132-86-70-118(106-138(132)146(142(134)110-122,99-47-37-29-21-7)100-48-38-30-22-8)54-52-112-61-77-124(78-62-112)126-81-65-114(66-82-126)92-102-148(12,13)14/h59-90,103-110H,15-38,41-48,93-100H2,1-14H3. The molecule has 0 spiro atoms. The van der Waals surface area contributed by atoms with E-state index in [-0.39, 0.29) is 21.7 Å². The highest BCUT2D eigenvalue weighted by Crippen LogP contribution is 2.60. The third kappa shape index (κ3) is 26.3. The van der Waals surface area contributed by atoms with E-state index in [9.17, 15) is 0 Å². The van der Waals surface area contributed by atoms with E-state index in [0.29, 0.717) is 0 Å². The Hall–Kier alpha value is -12.4. The smallest absolute Gasteiger partial charge is 0.127 e. The maximum absolute atomic E-state index is 3.87. The van der Waals surface area contributed by atoms with Gasteiger partial charge in [-0.05, 0) is 320 Å². The molecule has 0 amide bonds. The highest BCUT2D eigenvalue weighted by Gasteiger charge is 2.47. The lowest BCUT2D eigenvalue weighted by Crippen LogP contribution is -2.26. The van der Waals surface area contributed by atoms with Crippen molar-refractivity contribution in [2.24, 2.45) is 0 Å². The predicted octanol–water partition coefficient (Wildman–Crippen LogP) is 39.3. The van der Waals surface area contributed by atoms with Gasteiger partial charge in [-0.1, -0.05) is 468 Å². The summed E-state index contributed by atoms with van der Waals surface area (Å²) in [6, 6.07) is 92.5. The first-order valence-electron chi connectivity index (χ1n) is 57.9. The molecular formula is C146H162Si2. The van der Waals surface area contributed by atoms with E-state index < -0.39 is 16.1 Å². The van der Waals surface area contributed by atoms with Crippen molar-refractivity contribution < 1.29 is 0 Å². The van der Waals surface area contributed by atoms with E-state index in [1.165, 1.54) is 317 Å². The van der Waals surface area contributed by atoms with Crippen LogP contribution >= 0.6 is 0 Å². The third-order valence-corrected chi connectivity index (χ3v) is 34.1. The van der Waals surface area contributed by atoms with Crippen molar-refractivity contribution in [1.29, 1.82) is 0 Å². The van der Waals surface area contributed by atoms with Gasteiger partial charge in [0.25, 0.3) is 0 Å². The van der Waals surface area contributed by atoms with E-state index in [2.05, 4.69) is 431 Å². The minimum absolute atomic E-state index is 0.128. The van der Waals surface area contributed by atoms with Crippen LogP contribution in [0.15, 0.2) is 243 Å². The minimum Gasteiger partial charge on any atom is -0.127 e. The Labute approximate surface area is 897 Å². The van der Waals surface area contributed by atoms with E-state index >= 15 is 0 Å². The maximum atomic E-state index is 3.87. The third-order valence-electron chi connectivity index (χ3n) is 32.3. The molecule has 2 heteroatoms. The molecule has 754 valence electrons. The molecule has 12 aromatic carbocycles. The first-order chi connectivity index (χ1) is 72.2. The molecule has 0 nitrogen and oxygen atoms in total. The second-order valence-corrected chi connectivity index (χ2v) is 55.2. The fourth-order valence-corrected chi connectivity index (χ4v) is 25.4. The Morgan fingerprint density at radius 1 is 0.155 bits per heavy atom. The van der Waals surface area contributed by atoms with Gasteiger partial charge in [-0.25, -0.2) is 0 Å². The Balaban J connectivity index is 0.680. The molecule has 4 aliphatic carbocycles. The molecule has 0 unspecified atom stereocenters. The van der Waals surface area contributed by atoms with Crippen LogP contribution in [0.1, 0.15) is 423 Å². The summed E-state index contributed by atoms with van der Waals surface area (Å²) >= 11 is 0. The summed E-state index contributed by atoms with van der Waals surface area (Å²) in [4.78, 5) is 0. The van der Waals surface area contributed by atoms with Gasteiger partial charge in [0.05, 0.1) is 0 Å². The van der Waals surface area contributed by atoms with Crippen molar-refractivity contribution in [2.75, 3.05) is 0 Å². The molecular weight excluding hydrogens is 1810 g/mol. The Kier molecular flexibility index (Phi) is 37.8. The summed E-state index contributed by atoms with van der Waals surface area (Å²) in [7, 11) is -2.92. The SMILES string of the molecule is CCCCCCC1(CCCCCC)c2cc(C#CC#Cc3ccc4c(c3)C(CCCCCC)(CCCCCC)c3cc(C#Cc5ccc6c(c5)C(CCCCCC)(CCCCCC)c5cc(C#Cc7ccc(-c8ccc(C#C[Si](C)(C)C)cc8)cc7)ccc5-6)ccc3-4)ccc2-c2ccc(C#Cc3ccc4c(c3)C(CCCCCC)(CCCCCC)c3cc(C#Cc5ccc(-c6ccc(C#C[Si](C)(C)C)cc6)cc5)ccc3-4)cc21. The van der Waals surface area contributed by atoms with Gasteiger partial charge >= 0.3 is 0 Å². The average molecular weight is 1970 g/mol. The van der Waals surface area contributed by atoms with Gasteiger partial charge in [0.15, 0.2) is 0 Å². The summed E-state index contributed by atoms with van der Waals surface area (Å²) in [5.74, 6) is 51.2. The normalized spacial score (nSPS) is 13.3. The van der Waals surface area contributed by atoms with Gasteiger partial charge < -0.3 is 0 Å². The summed E-state index contributed by atoms with van der Waals surface area (Å²) < 4.78 is 0. The van der Waals surface area contributed by atoms with E-state index in [0.717, 1.165) is 118 Å². The summed E-state index contributed by atoms with van der Waals surface area (Å²) in [6.45, 7) is 32.5. The molecule has 0 atom stereocenters. The molecule has 0 fully saturated rings. The van der Waals surface area contributed by atoms with Crippen molar-refractivity contribution >= 4 is 16.1 Å². The van der Waals surface area contributed by atoms with Gasteiger partial charge in [0.1, 0.15) is 16.1 Å². The molecule has 0 N–H and O–H groups in total. The lowest BCUT2D eigenvalue weighted by atomic mass is 9.70. The molecule has 148 heavy (non-hydrogen) atoms. The number of rotatable bonds is 42. The van der Waals surface area contributed by atoms with Crippen LogP contribution in [0.5, 0.6) is 0 Å². The topological polar surface area (TPSA) is 0 Å². The molecule has 0 aliphatic heterocycles. The zero-order valence-electron chi connectivity index (χ0n) is 92.4. The van der Waals surface area contributed by atoms with Gasteiger partial charge in [-0.2, -0.15) is 0 Å². The van der Waals surface area contributed by atoms with Crippen LogP contribution in [0.2, 0.25) is 39.3 Å². The Morgan fingerprint density at radius 2 is 0.297 bits per heavy atom. The van der Waals surface area contributed by atoms with Crippen LogP contribution in [0, 0.1) is 94.0 Å². The maximum Gasteiger partial charge on any atom is 0.129 e. The largest absolute Gasteiger partial charge is 0.129 e. The monoisotopic (exact) mass is 1970 g/mol. The fourth-order valence-electron chi connectivity index (χ4n) is 24.4. The average Bonchev–Trinajstić information content (AvgIpc) is 1.58. The van der Waals surface area contributed by atoms with E-state index in [4.69, 9.17) is 0 Å². The molecule has 12 aromatic rings. The molecule has 0 bridgehead atoms. The van der Waals surface area contributed by atoms with Crippen molar-refractivity contribution in [1.82, 2.24) is 0 Å². The minimum atomic E-state index is -1.46. The summed E-state index contributed by atoms with van der Waals surface area (Å²) in [6.07, 6.45) is 47.9. The van der Waals surface area contributed by atoms with Crippen LogP contribution in [0.4, 0.5) is 0 Å². The molecule has 0 radical (unpaired) electrons. The second-order valence-electron chi connectivity index (χ2n) is 45.7. The molecule has 0 aromatic heterocycles. The zero-order chi connectivity index (χ0) is 103. The number of benzene rings is 12. The van der Waals surface area contributed by atoms with Crippen LogP contribution in [-0.2, 0) is 21.7 Å². The Morgan fingerprint density at radius 3 is 0.453 bits per heavy atom. The predicted molar refractivity (Wildman–Crippen MR) is 643 cm³/mol. The van der Waals surface area contributed by atoms with Crippen molar-refractivity contribution in [3.8, 4) is 161 Å². The second kappa shape index (κ2) is 51.7. The van der Waals surface area contributed by atoms with Gasteiger partial charge in [-0.3, -0.25) is 0 Å². The Bertz CT molecular complexity index is 6700. The lowest BCUT2D eigenvalue weighted by molar-refractivity contribution is 0.401.